The van der Waals surface area contributed by atoms with Crippen LogP contribution < -0.4 is 19.1 Å². The van der Waals surface area contributed by atoms with E-state index in [0.717, 1.165) is 16.4 Å². The van der Waals surface area contributed by atoms with Crippen molar-refractivity contribution in [1.29, 1.82) is 0 Å². The van der Waals surface area contributed by atoms with Gasteiger partial charge in [-0.15, -0.1) is 11.3 Å². The third-order valence-electron chi connectivity index (χ3n) is 5.72. The minimum absolute atomic E-state index is 0.237. The standard InChI is InChI=1S/C23H25BrN2O5S2/c1-29-17-10-15(11-18(13-17)30-2)20-14-32-23(25-20)26-8-6-19(7-9-26)33(27,28)22-12-16(24)4-5-21(22)31-3/h4-5,10-14,19H,6-9H2,1-3H3. The highest BCUT2D eigenvalue weighted by Crippen LogP contribution is 2.36. The number of ether oxygens (including phenoxy) is 3. The molecule has 2 aromatic carbocycles. The van der Waals surface area contributed by atoms with Crippen LogP contribution in [0.1, 0.15) is 12.8 Å². The van der Waals surface area contributed by atoms with Crippen molar-refractivity contribution in [3.63, 3.8) is 0 Å². The van der Waals surface area contributed by atoms with Gasteiger partial charge < -0.3 is 19.1 Å². The van der Waals surface area contributed by atoms with Gasteiger partial charge in [0.05, 0.1) is 32.3 Å². The number of piperidine rings is 1. The Balaban J connectivity index is 1.49. The molecule has 1 aliphatic rings. The number of thiazole rings is 1. The van der Waals surface area contributed by atoms with E-state index in [9.17, 15) is 8.42 Å². The van der Waals surface area contributed by atoms with Crippen LogP contribution in [-0.2, 0) is 9.84 Å². The van der Waals surface area contributed by atoms with E-state index in [4.69, 9.17) is 19.2 Å². The lowest BCUT2D eigenvalue weighted by atomic mass is 10.1. The molecule has 1 aromatic heterocycles. The summed E-state index contributed by atoms with van der Waals surface area (Å²) in [4.78, 5) is 7.18. The molecule has 4 rings (SSSR count). The minimum atomic E-state index is -3.51. The predicted octanol–water partition coefficient (Wildman–Crippen LogP) is 5.04. The largest absolute Gasteiger partial charge is 0.497 e. The lowest BCUT2D eigenvalue weighted by Crippen LogP contribution is -2.39. The SMILES string of the molecule is COc1cc(OC)cc(-c2csc(N3CCC(S(=O)(=O)c4cc(Br)ccc4OC)CC3)n2)c1. The molecule has 1 fully saturated rings. The summed E-state index contributed by atoms with van der Waals surface area (Å²) in [5, 5.41) is 2.42. The van der Waals surface area contributed by atoms with E-state index in [1.165, 1.54) is 7.11 Å². The van der Waals surface area contributed by atoms with Crippen molar-refractivity contribution >= 4 is 42.2 Å². The van der Waals surface area contributed by atoms with Gasteiger partial charge in [0.2, 0.25) is 0 Å². The molecule has 3 aromatic rings. The summed E-state index contributed by atoms with van der Waals surface area (Å²) in [5.41, 5.74) is 1.74. The second kappa shape index (κ2) is 9.90. The average Bonchev–Trinajstić information content (AvgIpc) is 3.34. The monoisotopic (exact) mass is 552 g/mol. The molecule has 7 nitrogen and oxygen atoms in total. The molecular formula is C23H25BrN2O5S2. The summed E-state index contributed by atoms with van der Waals surface area (Å²) in [5.74, 6) is 1.78. The van der Waals surface area contributed by atoms with E-state index in [2.05, 4.69) is 20.8 Å². The zero-order valence-electron chi connectivity index (χ0n) is 18.6. The molecule has 10 heteroatoms. The zero-order valence-corrected chi connectivity index (χ0v) is 21.8. The fourth-order valence-corrected chi connectivity index (χ4v) is 7.22. The lowest BCUT2D eigenvalue weighted by Gasteiger charge is -2.31. The molecule has 0 saturated carbocycles. The van der Waals surface area contributed by atoms with Crippen LogP contribution in [0.5, 0.6) is 17.2 Å². The summed E-state index contributed by atoms with van der Waals surface area (Å²) < 4.78 is 43.4. The van der Waals surface area contributed by atoms with E-state index < -0.39 is 15.1 Å². The van der Waals surface area contributed by atoms with Crippen LogP contribution in [0.3, 0.4) is 0 Å². The van der Waals surface area contributed by atoms with Gasteiger partial charge in [-0.3, -0.25) is 0 Å². The summed E-state index contributed by atoms with van der Waals surface area (Å²) in [6, 6.07) is 10.7. The first-order valence-corrected chi connectivity index (χ1v) is 13.6. The molecule has 2 heterocycles. The van der Waals surface area contributed by atoms with E-state index in [-0.39, 0.29) is 4.90 Å². The van der Waals surface area contributed by atoms with E-state index >= 15 is 0 Å². The highest BCUT2D eigenvalue weighted by molar-refractivity contribution is 9.10. The molecule has 0 aliphatic carbocycles. The molecule has 0 N–H and O–H groups in total. The van der Waals surface area contributed by atoms with Crippen LogP contribution in [0, 0.1) is 0 Å². The number of benzene rings is 2. The first-order valence-electron chi connectivity index (χ1n) is 10.4. The highest BCUT2D eigenvalue weighted by Gasteiger charge is 2.34. The maximum absolute atomic E-state index is 13.3. The minimum Gasteiger partial charge on any atom is -0.497 e. The Kier molecular flexibility index (Phi) is 7.16. The van der Waals surface area contributed by atoms with E-state index in [1.54, 1.807) is 43.8 Å². The number of halogens is 1. The van der Waals surface area contributed by atoms with Crippen molar-refractivity contribution in [3.8, 4) is 28.5 Å². The maximum Gasteiger partial charge on any atom is 0.185 e. The topological polar surface area (TPSA) is 78.0 Å². The van der Waals surface area contributed by atoms with Gasteiger partial charge >= 0.3 is 0 Å². The molecule has 0 amide bonds. The fraction of sp³-hybridized carbons (Fsp3) is 0.348. The highest BCUT2D eigenvalue weighted by atomic mass is 79.9. The van der Waals surface area contributed by atoms with Crippen LogP contribution in [0.15, 0.2) is 51.1 Å². The lowest BCUT2D eigenvalue weighted by molar-refractivity contribution is 0.394. The van der Waals surface area contributed by atoms with Crippen molar-refractivity contribution in [2.45, 2.75) is 23.0 Å². The molecule has 0 bridgehead atoms. The Morgan fingerprint density at radius 3 is 2.27 bits per heavy atom. The van der Waals surface area contributed by atoms with Gasteiger partial charge in [0.15, 0.2) is 15.0 Å². The Hall–Kier alpha value is -2.30. The number of aromatic nitrogens is 1. The zero-order chi connectivity index (χ0) is 23.6. The second-order valence-electron chi connectivity index (χ2n) is 7.64. The van der Waals surface area contributed by atoms with Crippen molar-refractivity contribution < 1.29 is 22.6 Å². The summed E-state index contributed by atoms with van der Waals surface area (Å²) in [6.45, 7) is 1.24. The molecule has 1 aliphatic heterocycles. The molecule has 0 spiro atoms. The number of methoxy groups -OCH3 is 3. The average molecular weight is 554 g/mol. The van der Waals surface area contributed by atoms with Crippen LogP contribution in [0.4, 0.5) is 5.13 Å². The van der Waals surface area contributed by atoms with Crippen LogP contribution in [-0.4, -0.2) is 53.1 Å². The van der Waals surface area contributed by atoms with Crippen LogP contribution in [0.2, 0.25) is 0 Å². The van der Waals surface area contributed by atoms with Gasteiger partial charge in [-0.25, -0.2) is 13.4 Å². The van der Waals surface area contributed by atoms with Gasteiger partial charge in [0.25, 0.3) is 0 Å². The Morgan fingerprint density at radius 2 is 1.67 bits per heavy atom. The van der Waals surface area contributed by atoms with Gasteiger partial charge in [-0.1, -0.05) is 15.9 Å². The van der Waals surface area contributed by atoms with Gasteiger partial charge in [0, 0.05) is 34.6 Å². The van der Waals surface area contributed by atoms with Gasteiger partial charge in [0.1, 0.15) is 22.1 Å². The third-order valence-corrected chi connectivity index (χ3v) is 9.40. The number of hydrogen-bond acceptors (Lipinski definition) is 8. The molecular weight excluding hydrogens is 528 g/mol. The van der Waals surface area contributed by atoms with Crippen LogP contribution >= 0.6 is 27.3 Å². The van der Waals surface area contributed by atoms with Gasteiger partial charge in [-0.05, 0) is 43.2 Å². The molecule has 0 unspecified atom stereocenters. The van der Waals surface area contributed by atoms with E-state index in [0.29, 0.717) is 47.7 Å². The quantitative estimate of drug-likeness (QED) is 0.406. The van der Waals surface area contributed by atoms with Crippen molar-refractivity contribution in [2.24, 2.45) is 0 Å². The number of sulfone groups is 1. The molecule has 0 atom stereocenters. The summed E-state index contributed by atoms with van der Waals surface area (Å²) in [6.07, 6.45) is 1.06. The number of rotatable bonds is 7. The first-order chi connectivity index (χ1) is 15.8. The van der Waals surface area contributed by atoms with Gasteiger partial charge in [-0.2, -0.15) is 0 Å². The summed E-state index contributed by atoms with van der Waals surface area (Å²) in [7, 11) is 1.21. The fourth-order valence-electron chi connectivity index (χ4n) is 3.91. The number of anilines is 1. The Bertz CT molecular complexity index is 1220. The van der Waals surface area contributed by atoms with Crippen molar-refractivity contribution in [3.05, 3.63) is 46.3 Å². The number of nitrogens with zero attached hydrogens (tertiary/aromatic N) is 2. The van der Waals surface area contributed by atoms with Crippen molar-refractivity contribution in [2.75, 3.05) is 39.3 Å². The predicted molar refractivity (Wildman–Crippen MR) is 134 cm³/mol. The smallest absolute Gasteiger partial charge is 0.185 e. The summed E-state index contributed by atoms with van der Waals surface area (Å²) >= 11 is 4.92. The second-order valence-corrected chi connectivity index (χ2v) is 11.6. The Morgan fingerprint density at radius 1 is 1.00 bits per heavy atom. The molecule has 0 radical (unpaired) electrons. The van der Waals surface area contributed by atoms with E-state index in [1.807, 2.05) is 23.6 Å². The molecule has 33 heavy (non-hydrogen) atoms. The normalized spacial score (nSPS) is 14.8. The maximum atomic E-state index is 13.3. The Labute approximate surface area is 206 Å². The van der Waals surface area contributed by atoms with Crippen LogP contribution in [0.25, 0.3) is 11.3 Å². The number of hydrogen-bond donors (Lipinski definition) is 0. The molecule has 1 saturated heterocycles. The first kappa shape index (κ1) is 23.8. The third kappa shape index (κ3) is 4.97. The molecule has 176 valence electrons. The van der Waals surface area contributed by atoms with Crippen molar-refractivity contribution in [1.82, 2.24) is 4.98 Å².